The standard InChI is InChI=1S/C14H22N2O3S.ClH/c1-10(15-4)9-16-20(17,18)12-5-6-13-11(7-12)8-14(2,3)19-13;/h5-7,10,15-16H,8-9H2,1-4H3;1H. The second kappa shape index (κ2) is 6.52. The number of likely N-dealkylation sites (N-methyl/N-ethyl adjacent to an activating group) is 1. The number of benzene rings is 1. The Balaban J connectivity index is 0.00000220. The number of fused-ring (bicyclic) bond motifs is 1. The van der Waals surface area contributed by atoms with E-state index in [-0.39, 0.29) is 24.0 Å². The Hall–Kier alpha value is -0.820. The van der Waals surface area contributed by atoms with E-state index >= 15 is 0 Å². The summed E-state index contributed by atoms with van der Waals surface area (Å²) in [6.07, 6.45) is 0.721. The van der Waals surface area contributed by atoms with Crippen molar-refractivity contribution in [1.82, 2.24) is 10.0 Å². The van der Waals surface area contributed by atoms with Crippen LogP contribution in [0.15, 0.2) is 23.1 Å². The quantitative estimate of drug-likeness (QED) is 0.860. The van der Waals surface area contributed by atoms with Crippen molar-refractivity contribution in [3.8, 4) is 5.75 Å². The van der Waals surface area contributed by atoms with Gasteiger partial charge in [-0.1, -0.05) is 0 Å². The van der Waals surface area contributed by atoms with E-state index in [0.29, 0.717) is 11.4 Å². The molecule has 1 aliphatic rings. The first-order valence-corrected chi connectivity index (χ1v) is 8.21. The molecule has 7 heteroatoms. The molecule has 5 nitrogen and oxygen atoms in total. The van der Waals surface area contributed by atoms with Crippen molar-refractivity contribution in [3.05, 3.63) is 23.8 Å². The number of sulfonamides is 1. The minimum atomic E-state index is -3.47. The first-order valence-electron chi connectivity index (χ1n) is 6.72. The molecule has 0 amide bonds. The van der Waals surface area contributed by atoms with E-state index in [1.165, 1.54) is 0 Å². The van der Waals surface area contributed by atoms with Crippen LogP contribution in [-0.2, 0) is 16.4 Å². The van der Waals surface area contributed by atoms with Gasteiger partial charge in [0.25, 0.3) is 0 Å². The average molecular weight is 335 g/mol. The molecule has 0 bridgehead atoms. The van der Waals surface area contributed by atoms with Gasteiger partial charge in [0.15, 0.2) is 0 Å². The molecule has 120 valence electrons. The maximum absolute atomic E-state index is 12.2. The molecular weight excluding hydrogens is 312 g/mol. The van der Waals surface area contributed by atoms with E-state index in [1.54, 1.807) is 25.2 Å². The van der Waals surface area contributed by atoms with E-state index in [2.05, 4.69) is 10.0 Å². The Morgan fingerprint density at radius 2 is 2.05 bits per heavy atom. The van der Waals surface area contributed by atoms with Crippen LogP contribution in [-0.4, -0.2) is 33.7 Å². The van der Waals surface area contributed by atoms with Gasteiger partial charge < -0.3 is 10.1 Å². The van der Waals surface area contributed by atoms with Gasteiger partial charge in [-0.25, -0.2) is 13.1 Å². The Bertz CT molecular complexity index is 602. The number of nitrogens with one attached hydrogen (secondary N) is 2. The predicted molar refractivity (Wildman–Crippen MR) is 85.8 cm³/mol. The normalized spacial score (nSPS) is 17.5. The van der Waals surface area contributed by atoms with Crippen molar-refractivity contribution in [2.75, 3.05) is 13.6 Å². The summed E-state index contributed by atoms with van der Waals surface area (Å²) in [6, 6.07) is 5.12. The molecular formula is C14H23ClN2O3S. The average Bonchev–Trinajstić information content (AvgIpc) is 2.68. The monoisotopic (exact) mass is 334 g/mol. The van der Waals surface area contributed by atoms with Gasteiger partial charge in [0.05, 0.1) is 4.90 Å². The molecule has 1 unspecified atom stereocenters. The Labute approximate surface area is 132 Å². The van der Waals surface area contributed by atoms with Gasteiger partial charge in [-0.3, -0.25) is 0 Å². The molecule has 0 aromatic heterocycles. The Morgan fingerprint density at radius 1 is 1.38 bits per heavy atom. The lowest BCUT2D eigenvalue weighted by atomic mass is 10.0. The van der Waals surface area contributed by atoms with Gasteiger partial charge >= 0.3 is 0 Å². The van der Waals surface area contributed by atoms with Crippen molar-refractivity contribution in [1.29, 1.82) is 0 Å². The van der Waals surface area contributed by atoms with E-state index in [1.807, 2.05) is 20.8 Å². The lowest BCUT2D eigenvalue weighted by Gasteiger charge is -2.16. The molecule has 1 heterocycles. The van der Waals surface area contributed by atoms with E-state index in [4.69, 9.17) is 4.74 Å². The molecule has 2 N–H and O–H groups in total. The summed E-state index contributed by atoms with van der Waals surface area (Å²) in [5, 5.41) is 2.99. The molecule has 0 fully saturated rings. The Morgan fingerprint density at radius 3 is 2.67 bits per heavy atom. The molecule has 2 rings (SSSR count). The van der Waals surface area contributed by atoms with Crippen molar-refractivity contribution < 1.29 is 13.2 Å². The predicted octanol–water partition coefficient (Wildman–Crippen LogP) is 1.71. The topological polar surface area (TPSA) is 67.4 Å². The van der Waals surface area contributed by atoms with E-state index < -0.39 is 10.0 Å². The van der Waals surface area contributed by atoms with Crippen LogP contribution >= 0.6 is 12.4 Å². The molecule has 1 atom stereocenters. The zero-order valence-electron chi connectivity index (χ0n) is 12.8. The zero-order valence-corrected chi connectivity index (χ0v) is 14.4. The number of hydrogen-bond acceptors (Lipinski definition) is 4. The van der Waals surface area contributed by atoms with Gasteiger partial charge in [-0.2, -0.15) is 0 Å². The van der Waals surface area contributed by atoms with Crippen molar-refractivity contribution in [3.63, 3.8) is 0 Å². The molecule has 1 aliphatic heterocycles. The van der Waals surface area contributed by atoms with E-state index in [0.717, 1.165) is 17.7 Å². The number of rotatable bonds is 5. The third-order valence-corrected chi connectivity index (χ3v) is 4.84. The molecule has 1 aromatic rings. The lowest BCUT2D eigenvalue weighted by Crippen LogP contribution is -2.37. The summed E-state index contributed by atoms with van der Waals surface area (Å²) in [5.41, 5.74) is 0.679. The van der Waals surface area contributed by atoms with Crippen LogP contribution in [0.3, 0.4) is 0 Å². The molecule has 0 aliphatic carbocycles. The molecule has 21 heavy (non-hydrogen) atoms. The molecule has 0 saturated heterocycles. The fraction of sp³-hybridized carbons (Fsp3) is 0.571. The fourth-order valence-electron chi connectivity index (χ4n) is 2.17. The third kappa shape index (κ3) is 4.32. The molecule has 1 aromatic carbocycles. The Kier molecular flexibility index (Phi) is 5.66. The van der Waals surface area contributed by atoms with Crippen LogP contribution in [0.2, 0.25) is 0 Å². The third-order valence-electron chi connectivity index (χ3n) is 3.42. The fourth-order valence-corrected chi connectivity index (χ4v) is 3.35. The van der Waals surface area contributed by atoms with Crippen LogP contribution < -0.4 is 14.8 Å². The van der Waals surface area contributed by atoms with Crippen molar-refractivity contribution in [2.45, 2.75) is 43.7 Å². The number of halogens is 1. The minimum Gasteiger partial charge on any atom is -0.487 e. The molecule has 0 saturated carbocycles. The van der Waals surface area contributed by atoms with Crippen LogP contribution in [0, 0.1) is 0 Å². The highest BCUT2D eigenvalue weighted by Crippen LogP contribution is 2.35. The van der Waals surface area contributed by atoms with Gasteiger partial charge in [-0.15, -0.1) is 12.4 Å². The lowest BCUT2D eigenvalue weighted by molar-refractivity contribution is 0.138. The summed E-state index contributed by atoms with van der Waals surface area (Å²) in [6.45, 7) is 6.27. The van der Waals surface area contributed by atoms with Gasteiger partial charge in [0.1, 0.15) is 11.4 Å². The second-order valence-corrected chi connectivity index (χ2v) is 7.62. The van der Waals surface area contributed by atoms with E-state index in [9.17, 15) is 8.42 Å². The molecule has 0 spiro atoms. The summed E-state index contributed by atoms with van der Waals surface area (Å²) < 4.78 is 32.8. The van der Waals surface area contributed by atoms with Crippen molar-refractivity contribution in [2.24, 2.45) is 0 Å². The maximum Gasteiger partial charge on any atom is 0.240 e. The van der Waals surface area contributed by atoms with Gasteiger partial charge in [-0.05, 0) is 51.6 Å². The highest BCUT2D eigenvalue weighted by molar-refractivity contribution is 7.89. The highest BCUT2D eigenvalue weighted by atomic mass is 35.5. The molecule has 0 radical (unpaired) electrons. The first kappa shape index (κ1) is 18.2. The largest absolute Gasteiger partial charge is 0.487 e. The van der Waals surface area contributed by atoms with Crippen LogP contribution in [0.25, 0.3) is 0 Å². The van der Waals surface area contributed by atoms with Crippen LogP contribution in [0.4, 0.5) is 0 Å². The number of ether oxygens (including phenoxy) is 1. The summed E-state index contributed by atoms with van der Waals surface area (Å²) >= 11 is 0. The first-order chi connectivity index (χ1) is 9.23. The van der Waals surface area contributed by atoms with Gasteiger partial charge in [0, 0.05) is 19.0 Å². The SMILES string of the molecule is CNC(C)CNS(=O)(=O)c1ccc2c(c1)CC(C)(C)O2.Cl. The summed E-state index contributed by atoms with van der Waals surface area (Å²) in [4.78, 5) is 0.292. The highest BCUT2D eigenvalue weighted by Gasteiger charge is 2.31. The van der Waals surface area contributed by atoms with Crippen LogP contribution in [0.1, 0.15) is 26.3 Å². The second-order valence-electron chi connectivity index (χ2n) is 5.85. The maximum atomic E-state index is 12.2. The van der Waals surface area contributed by atoms with Gasteiger partial charge in [0.2, 0.25) is 10.0 Å². The van der Waals surface area contributed by atoms with Crippen LogP contribution in [0.5, 0.6) is 5.75 Å². The number of hydrogen-bond donors (Lipinski definition) is 2. The minimum absolute atomic E-state index is 0. The summed E-state index contributed by atoms with van der Waals surface area (Å²) in [5.74, 6) is 0.776. The zero-order chi connectivity index (χ0) is 15.0. The van der Waals surface area contributed by atoms with Crippen molar-refractivity contribution >= 4 is 22.4 Å². The smallest absolute Gasteiger partial charge is 0.240 e. The summed E-state index contributed by atoms with van der Waals surface area (Å²) in [7, 11) is -1.67.